The molecule has 0 amide bonds. The van der Waals surface area contributed by atoms with Crippen LogP contribution in [0, 0.1) is 40.4 Å². The van der Waals surface area contributed by atoms with Crippen molar-refractivity contribution < 1.29 is 23.8 Å². The van der Waals surface area contributed by atoms with Gasteiger partial charge in [-0.05, 0) is 67.6 Å². The zero-order chi connectivity index (χ0) is 18.5. The standard InChI is InChI=1S/C21H32O5/c1-13(22)24-10-14-5-7-17-16-6-4-15-11-25-19(23)26-12-21(15,3)18(16)8-9-20(14,17)2/h14-18H,4-12H2,1-3H3/t14?,15-,16-,17-,18-,20+,21-/m0/s1. The molecule has 5 heteroatoms. The molecule has 1 aliphatic heterocycles. The molecule has 0 aromatic carbocycles. The van der Waals surface area contributed by atoms with E-state index in [4.69, 9.17) is 14.2 Å². The monoisotopic (exact) mass is 364 g/mol. The summed E-state index contributed by atoms with van der Waals surface area (Å²) in [5, 5.41) is 0. The first-order valence-corrected chi connectivity index (χ1v) is 10.3. The summed E-state index contributed by atoms with van der Waals surface area (Å²) in [7, 11) is 0. The molecule has 3 aliphatic carbocycles. The number of carbonyl (C=O) groups is 2. The number of hydrogen-bond donors (Lipinski definition) is 0. The Morgan fingerprint density at radius 2 is 1.85 bits per heavy atom. The lowest BCUT2D eigenvalue weighted by Gasteiger charge is -2.58. The average molecular weight is 364 g/mol. The van der Waals surface area contributed by atoms with Crippen LogP contribution < -0.4 is 0 Å². The van der Waals surface area contributed by atoms with E-state index in [0.717, 1.165) is 12.8 Å². The van der Waals surface area contributed by atoms with Crippen molar-refractivity contribution in [2.45, 2.75) is 59.3 Å². The van der Waals surface area contributed by atoms with Gasteiger partial charge >= 0.3 is 12.1 Å². The van der Waals surface area contributed by atoms with E-state index in [9.17, 15) is 9.59 Å². The number of esters is 1. The minimum Gasteiger partial charge on any atom is -0.466 e. The van der Waals surface area contributed by atoms with E-state index in [1.54, 1.807) is 0 Å². The SMILES string of the molecule is CC(=O)OCC1CC[C@H]2[C@@H]3CC[C@H]4COC(=O)OC[C@]4(C)[C@H]3CC[C@]12C. The highest BCUT2D eigenvalue weighted by Crippen LogP contribution is 2.65. The molecule has 0 N–H and O–H groups in total. The van der Waals surface area contributed by atoms with Crippen molar-refractivity contribution in [3.8, 4) is 0 Å². The molecule has 0 spiro atoms. The fraction of sp³-hybridized carbons (Fsp3) is 0.905. The Bertz CT molecular complexity index is 589. The van der Waals surface area contributed by atoms with Crippen LogP contribution in [0.3, 0.4) is 0 Å². The summed E-state index contributed by atoms with van der Waals surface area (Å²) >= 11 is 0. The largest absolute Gasteiger partial charge is 0.508 e. The predicted octanol–water partition coefficient (Wildman–Crippen LogP) is 4.19. The molecular weight excluding hydrogens is 332 g/mol. The Kier molecular flexibility index (Phi) is 4.47. The first-order chi connectivity index (χ1) is 12.3. The van der Waals surface area contributed by atoms with Crippen LogP contribution in [0.5, 0.6) is 0 Å². The third-order valence-corrected chi connectivity index (χ3v) is 8.65. The molecule has 26 heavy (non-hydrogen) atoms. The zero-order valence-electron chi connectivity index (χ0n) is 16.3. The maximum atomic E-state index is 11.6. The molecule has 4 rings (SSSR count). The lowest BCUT2D eigenvalue weighted by molar-refractivity contribution is -0.146. The second-order valence-corrected chi connectivity index (χ2v) is 9.63. The average Bonchev–Trinajstić information content (AvgIpc) is 2.85. The Hall–Kier alpha value is -1.26. The number of fused-ring (bicyclic) bond motifs is 5. The molecule has 3 saturated carbocycles. The van der Waals surface area contributed by atoms with E-state index in [1.807, 2.05) is 0 Å². The zero-order valence-corrected chi connectivity index (χ0v) is 16.3. The number of carbonyl (C=O) groups excluding carboxylic acids is 2. The smallest absolute Gasteiger partial charge is 0.466 e. The summed E-state index contributed by atoms with van der Waals surface area (Å²) in [6.07, 6.45) is 6.61. The highest BCUT2D eigenvalue weighted by atomic mass is 16.7. The second-order valence-electron chi connectivity index (χ2n) is 9.63. The van der Waals surface area contributed by atoms with E-state index in [2.05, 4.69) is 13.8 Å². The van der Waals surface area contributed by atoms with Crippen LogP contribution in [-0.4, -0.2) is 31.9 Å². The van der Waals surface area contributed by atoms with Crippen LogP contribution in [0.1, 0.15) is 59.3 Å². The second kappa shape index (κ2) is 6.42. The molecule has 1 saturated heterocycles. The van der Waals surface area contributed by atoms with Crippen LogP contribution in [0.25, 0.3) is 0 Å². The van der Waals surface area contributed by atoms with Crippen LogP contribution in [-0.2, 0) is 19.0 Å². The van der Waals surface area contributed by atoms with Crippen LogP contribution in [0.4, 0.5) is 4.79 Å². The Morgan fingerprint density at radius 3 is 2.62 bits per heavy atom. The summed E-state index contributed by atoms with van der Waals surface area (Å²) in [6.45, 7) is 7.84. The maximum absolute atomic E-state index is 11.6. The number of rotatable bonds is 2. The van der Waals surface area contributed by atoms with Crippen molar-refractivity contribution in [2.24, 2.45) is 40.4 Å². The van der Waals surface area contributed by atoms with Crippen molar-refractivity contribution in [1.29, 1.82) is 0 Å². The Balaban J connectivity index is 1.54. The molecule has 5 nitrogen and oxygen atoms in total. The molecule has 0 aromatic rings. The van der Waals surface area contributed by atoms with E-state index in [0.29, 0.717) is 49.4 Å². The number of hydrogen-bond acceptors (Lipinski definition) is 5. The molecule has 4 aliphatic rings. The fourth-order valence-electron chi connectivity index (χ4n) is 7.06. The first kappa shape index (κ1) is 18.1. The Morgan fingerprint density at radius 1 is 1.08 bits per heavy atom. The predicted molar refractivity (Wildman–Crippen MR) is 95.3 cm³/mol. The highest BCUT2D eigenvalue weighted by Gasteiger charge is 2.60. The van der Waals surface area contributed by atoms with E-state index in [-0.39, 0.29) is 16.8 Å². The van der Waals surface area contributed by atoms with Gasteiger partial charge in [-0.15, -0.1) is 0 Å². The van der Waals surface area contributed by atoms with Crippen molar-refractivity contribution in [3.05, 3.63) is 0 Å². The van der Waals surface area contributed by atoms with Gasteiger partial charge in [-0.2, -0.15) is 0 Å². The van der Waals surface area contributed by atoms with Crippen molar-refractivity contribution in [3.63, 3.8) is 0 Å². The molecule has 0 aromatic heterocycles. The molecule has 4 fully saturated rings. The molecule has 7 atom stereocenters. The lowest BCUT2D eigenvalue weighted by atomic mass is 9.47. The molecule has 1 heterocycles. The first-order valence-electron chi connectivity index (χ1n) is 10.3. The van der Waals surface area contributed by atoms with Crippen LogP contribution in [0.2, 0.25) is 0 Å². The molecule has 0 radical (unpaired) electrons. The minimum atomic E-state index is -0.500. The molecule has 0 bridgehead atoms. The highest BCUT2D eigenvalue weighted by molar-refractivity contribution is 5.65. The van der Waals surface area contributed by atoms with E-state index in [1.165, 1.54) is 32.6 Å². The quantitative estimate of drug-likeness (QED) is 0.688. The number of cyclic esters (lactones) is 2. The topological polar surface area (TPSA) is 61.8 Å². The normalized spacial score (nSPS) is 47.5. The van der Waals surface area contributed by atoms with Gasteiger partial charge in [0.1, 0.15) is 6.61 Å². The molecular formula is C21H32O5. The summed E-state index contributed by atoms with van der Waals surface area (Å²) < 4.78 is 16.1. The van der Waals surface area contributed by atoms with Gasteiger partial charge < -0.3 is 14.2 Å². The van der Waals surface area contributed by atoms with Gasteiger partial charge in [-0.25, -0.2) is 4.79 Å². The third-order valence-electron chi connectivity index (χ3n) is 8.65. The van der Waals surface area contributed by atoms with Gasteiger partial charge in [-0.1, -0.05) is 13.8 Å². The summed E-state index contributed by atoms with van der Waals surface area (Å²) in [4.78, 5) is 22.9. The van der Waals surface area contributed by atoms with Gasteiger partial charge in [0.15, 0.2) is 0 Å². The van der Waals surface area contributed by atoms with E-state index >= 15 is 0 Å². The van der Waals surface area contributed by atoms with Crippen molar-refractivity contribution >= 4 is 12.1 Å². The summed E-state index contributed by atoms with van der Waals surface area (Å²) in [5.41, 5.74) is 0.308. The van der Waals surface area contributed by atoms with Crippen LogP contribution in [0.15, 0.2) is 0 Å². The summed E-state index contributed by atoms with van der Waals surface area (Å²) in [6, 6.07) is 0. The van der Waals surface area contributed by atoms with Crippen LogP contribution >= 0.6 is 0 Å². The van der Waals surface area contributed by atoms with E-state index < -0.39 is 6.16 Å². The minimum absolute atomic E-state index is 0.0321. The van der Waals surface area contributed by atoms with Gasteiger partial charge in [0, 0.05) is 18.3 Å². The fourth-order valence-corrected chi connectivity index (χ4v) is 7.06. The Labute approximate surface area is 156 Å². The number of ether oxygens (including phenoxy) is 3. The van der Waals surface area contributed by atoms with Gasteiger partial charge in [0.05, 0.1) is 13.2 Å². The van der Waals surface area contributed by atoms with Crippen molar-refractivity contribution in [2.75, 3.05) is 19.8 Å². The molecule has 1 unspecified atom stereocenters. The lowest BCUT2D eigenvalue weighted by Crippen LogP contribution is -2.54. The van der Waals surface area contributed by atoms with Gasteiger partial charge in [0.25, 0.3) is 0 Å². The van der Waals surface area contributed by atoms with Gasteiger partial charge in [0.2, 0.25) is 0 Å². The summed E-state index contributed by atoms with van der Waals surface area (Å²) in [5.74, 6) is 2.71. The maximum Gasteiger partial charge on any atom is 0.508 e. The molecule has 146 valence electrons. The van der Waals surface area contributed by atoms with Gasteiger partial charge in [-0.3, -0.25) is 4.79 Å². The third kappa shape index (κ3) is 2.73. The van der Waals surface area contributed by atoms with Crippen molar-refractivity contribution in [1.82, 2.24) is 0 Å².